The van der Waals surface area contributed by atoms with E-state index >= 15 is 0 Å². The quantitative estimate of drug-likeness (QED) is 0.552. The molecule has 0 saturated carbocycles. The van der Waals surface area contributed by atoms with Crippen LogP contribution in [0.15, 0.2) is 29.4 Å². The Morgan fingerprint density at radius 3 is 2.34 bits per heavy atom. The second-order valence-corrected chi connectivity index (χ2v) is 7.70. The number of ether oxygens (including phenoxy) is 4. The van der Waals surface area contributed by atoms with Gasteiger partial charge in [-0.3, -0.25) is 14.4 Å². The maximum Gasteiger partial charge on any atom is 0.303 e. The van der Waals surface area contributed by atoms with Gasteiger partial charge < -0.3 is 23.9 Å². The van der Waals surface area contributed by atoms with Gasteiger partial charge in [0.1, 0.15) is 12.2 Å². The Balaban J connectivity index is 1.88. The Morgan fingerprint density at radius 1 is 1.07 bits per heavy atom. The van der Waals surface area contributed by atoms with Crippen molar-refractivity contribution in [3.8, 4) is 0 Å². The highest BCUT2D eigenvalue weighted by Gasteiger charge is 2.52. The molecule has 29 heavy (non-hydrogen) atoms. The molecule has 9 nitrogen and oxygen atoms in total. The lowest BCUT2D eigenvalue weighted by Crippen LogP contribution is -2.43. The molecule has 2 aromatic rings. The molecular weight excluding hydrogens is 400 g/mol. The van der Waals surface area contributed by atoms with E-state index in [0.717, 1.165) is 11.0 Å². The number of esters is 3. The summed E-state index contributed by atoms with van der Waals surface area (Å²) in [4.78, 5) is 42.4. The molecule has 1 aliphatic rings. The lowest BCUT2D eigenvalue weighted by Gasteiger charge is -2.25. The minimum Gasteiger partial charge on any atom is -0.460 e. The first kappa shape index (κ1) is 21.1. The van der Waals surface area contributed by atoms with Crippen molar-refractivity contribution >= 4 is 40.7 Å². The number of nitrogens with one attached hydrogen (secondary N) is 1. The summed E-state index contributed by atoms with van der Waals surface area (Å²) in [6.07, 6.45) is -3.38. The third-order valence-electron chi connectivity index (χ3n) is 4.22. The van der Waals surface area contributed by atoms with Gasteiger partial charge >= 0.3 is 17.9 Å². The second-order valence-electron chi connectivity index (χ2n) is 6.61. The summed E-state index contributed by atoms with van der Waals surface area (Å²) in [5.74, 6) is -1.61. The summed E-state index contributed by atoms with van der Waals surface area (Å²) in [5.41, 5.74) is 0.892. The predicted octanol–water partition coefficient (Wildman–Crippen LogP) is 2.19. The Labute approximate surface area is 171 Å². The van der Waals surface area contributed by atoms with Crippen LogP contribution in [0.25, 0.3) is 11.0 Å². The van der Waals surface area contributed by atoms with Gasteiger partial charge in [-0.2, -0.15) is 0 Å². The summed E-state index contributed by atoms with van der Waals surface area (Å²) in [6, 6.07) is 7.51. The number of carbonyl (C=O) groups is 3. The van der Waals surface area contributed by atoms with E-state index in [-0.39, 0.29) is 0 Å². The summed E-state index contributed by atoms with van der Waals surface area (Å²) >= 11 is 1.20. The van der Waals surface area contributed by atoms with Crippen LogP contribution >= 0.6 is 11.8 Å². The molecule has 0 amide bonds. The minimum atomic E-state index is -0.937. The topological polar surface area (TPSA) is 117 Å². The fraction of sp³-hybridized carbons (Fsp3) is 0.474. The SMILES string of the molecule is CC(=O)O[C@H]1[C@H]([C@@H](C)OC(C)=O)O[C@@H](Sc2nc3ccccc3[nH]2)[C@@H]1OC(C)=O. The normalized spacial score (nSPS) is 24.8. The Kier molecular flexibility index (Phi) is 6.43. The number of hydrogen-bond acceptors (Lipinski definition) is 9. The van der Waals surface area contributed by atoms with Crippen LogP contribution in [0.5, 0.6) is 0 Å². The third kappa shape index (κ3) is 5.07. The lowest BCUT2D eigenvalue weighted by molar-refractivity contribution is -0.169. The number of H-pyrrole nitrogens is 1. The highest BCUT2D eigenvalue weighted by atomic mass is 32.2. The molecule has 1 fully saturated rings. The zero-order valence-corrected chi connectivity index (χ0v) is 17.2. The number of imidazole rings is 1. The molecule has 0 unspecified atom stereocenters. The van der Waals surface area contributed by atoms with Crippen molar-refractivity contribution in [3.05, 3.63) is 24.3 Å². The summed E-state index contributed by atoms with van der Waals surface area (Å²) < 4.78 is 22.1. The van der Waals surface area contributed by atoms with E-state index in [1.54, 1.807) is 6.92 Å². The zero-order chi connectivity index (χ0) is 21.1. The number of hydrogen-bond donors (Lipinski definition) is 1. The largest absolute Gasteiger partial charge is 0.460 e. The van der Waals surface area contributed by atoms with E-state index in [2.05, 4.69) is 9.97 Å². The summed E-state index contributed by atoms with van der Waals surface area (Å²) in [7, 11) is 0. The summed E-state index contributed by atoms with van der Waals surface area (Å²) in [5, 5.41) is 0.552. The van der Waals surface area contributed by atoms with E-state index in [1.807, 2.05) is 24.3 Å². The van der Waals surface area contributed by atoms with E-state index in [0.29, 0.717) is 5.16 Å². The molecule has 0 aliphatic carbocycles. The number of fused-ring (bicyclic) bond motifs is 1. The first-order valence-corrected chi connectivity index (χ1v) is 9.91. The van der Waals surface area contributed by atoms with Crippen LogP contribution in [-0.4, -0.2) is 57.7 Å². The highest BCUT2D eigenvalue weighted by Crippen LogP contribution is 2.38. The van der Waals surface area contributed by atoms with Gasteiger partial charge in [-0.1, -0.05) is 23.9 Å². The predicted molar refractivity (Wildman–Crippen MR) is 103 cm³/mol. The van der Waals surface area contributed by atoms with Crippen molar-refractivity contribution in [2.24, 2.45) is 0 Å². The molecule has 1 aromatic heterocycles. The monoisotopic (exact) mass is 422 g/mol. The van der Waals surface area contributed by atoms with E-state index in [9.17, 15) is 14.4 Å². The molecule has 156 valence electrons. The van der Waals surface area contributed by atoms with Gasteiger partial charge in [0.25, 0.3) is 0 Å². The molecule has 0 radical (unpaired) electrons. The van der Waals surface area contributed by atoms with Crippen molar-refractivity contribution in [2.45, 2.75) is 62.7 Å². The number of benzene rings is 1. The van der Waals surface area contributed by atoms with Crippen LogP contribution in [-0.2, 0) is 33.3 Å². The summed E-state index contributed by atoms with van der Waals surface area (Å²) in [6.45, 7) is 5.41. The van der Waals surface area contributed by atoms with E-state index in [1.165, 1.54) is 32.5 Å². The Bertz CT molecular complexity index is 882. The average molecular weight is 422 g/mol. The van der Waals surface area contributed by atoms with Crippen LogP contribution in [0.1, 0.15) is 27.7 Å². The number of aromatic amines is 1. The van der Waals surface area contributed by atoms with Gasteiger partial charge in [0, 0.05) is 20.8 Å². The number of thioether (sulfide) groups is 1. The fourth-order valence-electron chi connectivity index (χ4n) is 3.19. The van der Waals surface area contributed by atoms with Crippen molar-refractivity contribution in [2.75, 3.05) is 0 Å². The van der Waals surface area contributed by atoms with Gasteiger partial charge in [-0.15, -0.1) is 0 Å². The molecule has 2 heterocycles. The second kappa shape index (κ2) is 8.83. The Hall–Kier alpha value is -2.59. The number of aromatic nitrogens is 2. The molecule has 1 N–H and O–H groups in total. The molecule has 3 rings (SSSR count). The first-order valence-electron chi connectivity index (χ1n) is 9.03. The van der Waals surface area contributed by atoms with Crippen LogP contribution in [0.2, 0.25) is 0 Å². The molecule has 1 saturated heterocycles. The lowest BCUT2D eigenvalue weighted by atomic mass is 10.1. The molecule has 0 spiro atoms. The molecule has 0 bridgehead atoms. The van der Waals surface area contributed by atoms with Crippen LogP contribution in [0.3, 0.4) is 0 Å². The number of carbonyl (C=O) groups excluding carboxylic acids is 3. The van der Waals surface area contributed by atoms with E-state index < -0.39 is 47.8 Å². The van der Waals surface area contributed by atoms with Crippen molar-refractivity contribution < 1.29 is 33.3 Å². The molecule has 5 atom stereocenters. The standard InChI is InChI=1S/C19H22N2O7S/c1-9(25-10(2)22)15-16(26-11(3)23)17(27-12(4)24)18(28-15)29-19-20-13-7-5-6-8-14(13)21-19/h5-9,15-18H,1-4H3,(H,20,21)/t9-,15+,16+,17-,18+/m1/s1. The van der Waals surface area contributed by atoms with Crippen LogP contribution in [0, 0.1) is 0 Å². The van der Waals surface area contributed by atoms with Gasteiger partial charge in [0.2, 0.25) is 0 Å². The number of para-hydroxylation sites is 2. The smallest absolute Gasteiger partial charge is 0.303 e. The number of nitrogens with zero attached hydrogens (tertiary/aromatic N) is 1. The van der Waals surface area contributed by atoms with Gasteiger partial charge in [-0.05, 0) is 19.1 Å². The van der Waals surface area contributed by atoms with Crippen molar-refractivity contribution in [1.82, 2.24) is 9.97 Å². The van der Waals surface area contributed by atoms with Gasteiger partial charge in [0.15, 0.2) is 22.8 Å². The van der Waals surface area contributed by atoms with Crippen LogP contribution < -0.4 is 0 Å². The van der Waals surface area contributed by atoms with Crippen molar-refractivity contribution in [3.63, 3.8) is 0 Å². The maximum absolute atomic E-state index is 11.7. The third-order valence-corrected chi connectivity index (χ3v) is 5.25. The fourth-order valence-corrected chi connectivity index (χ4v) is 4.26. The van der Waals surface area contributed by atoms with Gasteiger partial charge in [0.05, 0.1) is 11.0 Å². The van der Waals surface area contributed by atoms with E-state index in [4.69, 9.17) is 18.9 Å². The maximum atomic E-state index is 11.7. The highest BCUT2D eigenvalue weighted by molar-refractivity contribution is 7.99. The minimum absolute atomic E-state index is 0.500. The molecule has 1 aliphatic heterocycles. The van der Waals surface area contributed by atoms with Gasteiger partial charge in [-0.25, -0.2) is 4.98 Å². The first-order chi connectivity index (χ1) is 13.7. The molecule has 10 heteroatoms. The molecule has 1 aromatic carbocycles. The zero-order valence-electron chi connectivity index (χ0n) is 16.4. The average Bonchev–Trinajstić information content (AvgIpc) is 3.16. The molecular formula is C19H22N2O7S. The van der Waals surface area contributed by atoms with Crippen LogP contribution in [0.4, 0.5) is 0 Å². The number of rotatable bonds is 6. The van der Waals surface area contributed by atoms with Crippen molar-refractivity contribution in [1.29, 1.82) is 0 Å². The Morgan fingerprint density at radius 2 is 1.72 bits per heavy atom.